The number of aliphatic carboxylic acids is 1. The third-order valence-electron chi connectivity index (χ3n) is 3.18. The highest BCUT2D eigenvalue weighted by Crippen LogP contribution is 2.25. The summed E-state index contributed by atoms with van der Waals surface area (Å²) in [5, 5.41) is 20.0. The van der Waals surface area contributed by atoms with Crippen molar-refractivity contribution in [2.75, 3.05) is 6.54 Å². The quantitative estimate of drug-likeness (QED) is 0.632. The van der Waals surface area contributed by atoms with Crippen LogP contribution in [0.2, 0.25) is 0 Å². The summed E-state index contributed by atoms with van der Waals surface area (Å²) in [6, 6.07) is 0.00709. The normalized spacial score (nSPS) is 11.1. The second-order valence-electron chi connectivity index (χ2n) is 5.01. The topological polar surface area (TPSA) is 96.6 Å². The van der Waals surface area contributed by atoms with Crippen LogP contribution in [0.15, 0.2) is 6.20 Å². The van der Waals surface area contributed by atoms with Crippen LogP contribution in [0.4, 0.5) is 5.69 Å². The molecule has 7 heteroatoms. The van der Waals surface area contributed by atoms with Crippen molar-refractivity contribution in [2.45, 2.75) is 40.3 Å². The van der Waals surface area contributed by atoms with Crippen molar-refractivity contribution < 1.29 is 14.8 Å². The van der Waals surface area contributed by atoms with E-state index in [9.17, 15) is 14.9 Å². The fourth-order valence-corrected chi connectivity index (χ4v) is 1.99. The van der Waals surface area contributed by atoms with Gasteiger partial charge in [0.15, 0.2) is 0 Å². The molecule has 0 aliphatic carbocycles. The fourth-order valence-electron chi connectivity index (χ4n) is 1.99. The maximum absolute atomic E-state index is 11.1. The van der Waals surface area contributed by atoms with Crippen LogP contribution in [0.3, 0.4) is 0 Å². The smallest absolute Gasteiger partial charge is 0.317 e. The molecule has 1 rings (SSSR count). The van der Waals surface area contributed by atoms with Gasteiger partial charge in [-0.1, -0.05) is 0 Å². The Kier molecular flexibility index (Phi) is 5.15. The minimum absolute atomic E-state index is 0.00709. The highest BCUT2D eigenvalue weighted by molar-refractivity contribution is 5.69. The molecule has 1 aromatic heterocycles. The van der Waals surface area contributed by atoms with Gasteiger partial charge in [0.2, 0.25) is 0 Å². The lowest BCUT2D eigenvalue weighted by Crippen LogP contribution is -2.35. The molecular formula is C13H19N3O4. The summed E-state index contributed by atoms with van der Waals surface area (Å²) in [6.07, 6.45) is 1.46. The van der Waals surface area contributed by atoms with Crippen LogP contribution >= 0.6 is 0 Å². The molecule has 0 fully saturated rings. The molecule has 20 heavy (non-hydrogen) atoms. The van der Waals surface area contributed by atoms with Crippen molar-refractivity contribution in [3.05, 3.63) is 33.1 Å². The van der Waals surface area contributed by atoms with Gasteiger partial charge in [-0.2, -0.15) is 0 Å². The van der Waals surface area contributed by atoms with Crippen LogP contribution in [-0.2, 0) is 11.3 Å². The van der Waals surface area contributed by atoms with Crippen molar-refractivity contribution in [1.82, 2.24) is 9.88 Å². The van der Waals surface area contributed by atoms with Crippen molar-refractivity contribution in [2.24, 2.45) is 0 Å². The Morgan fingerprint density at radius 3 is 2.55 bits per heavy atom. The number of aryl methyl sites for hydroxylation is 1. The van der Waals surface area contributed by atoms with Crippen LogP contribution in [0, 0.1) is 24.0 Å². The first-order chi connectivity index (χ1) is 9.23. The molecule has 0 spiro atoms. The summed E-state index contributed by atoms with van der Waals surface area (Å²) in [7, 11) is 0. The Balaban J connectivity index is 3.11. The Hall–Kier alpha value is -2.02. The molecule has 7 nitrogen and oxygen atoms in total. The first-order valence-corrected chi connectivity index (χ1v) is 6.29. The molecule has 0 aliphatic heterocycles. The highest BCUT2D eigenvalue weighted by atomic mass is 16.6. The minimum atomic E-state index is -0.932. The SMILES string of the molecule is Cc1cnc(CN(CC(=O)O)C(C)C)c(C)c1[N+](=O)[O-]. The van der Waals surface area contributed by atoms with E-state index < -0.39 is 10.9 Å². The number of nitrogens with zero attached hydrogens (tertiary/aromatic N) is 3. The summed E-state index contributed by atoms with van der Waals surface area (Å²) in [4.78, 5) is 27.4. The average Bonchev–Trinajstić information content (AvgIpc) is 2.30. The third-order valence-corrected chi connectivity index (χ3v) is 3.18. The van der Waals surface area contributed by atoms with Crippen molar-refractivity contribution in [1.29, 1.82) is 0 Å². The molecule has 0 bridgehead atoms. The molecule has 0 aromatic carbocycles. The molecule has 1 N–H and O–H groups in total. The van der Waals surface area contributed by atoms with E-state index in [1.807, 2.05) is 13.8 Å². The maximum atomic E-state index is 11.1. The fraction of sp³-hybridized carbons (Fsp3) is 0.538. The van der Waals surface area contributed by atoms with Crippen molar-refractivity contribution in [3.63, 3.8) is 0 Å². The number of hydrogen-bond donors (Lipinski definition) is 1. The number of carboxylic acid groups (broad SMARTS) is 1. The van der Waals surface area contributed by atoms with Crippen molar-refractivity contribution in [3.8, 4) is 0 Å². The third kappa shape index (κ3) is 3.74. The lowest BCUT2D eigenvalue weighted by Gasteiger charge is -2.24. The average molecular weight is 281 g/mol. The minimum Gasteiger partial charge on any atom is -0.480 e. The van der Waals surface area contributed by atoms with Crippen LogP contribution < -0.4 is 0 Å². The van der Waals surface area contributed by atoms with Crippen LogP contribution in [-0.4, -0.2) is 38.5 Å². The van der Waals surface area contributed by atoms with Gasteiger partial charge >= 0.3 is 5.97 Å². The summed E-state index contributed by atoms with van der Waals surface area (Å²) in [5.74, 6) is -0.932. The number of hydrogen-bond acceptors (Lipinski definition) is 5. The first-order valence-electron chi connectivity index (χ1n) is 6.29. The van der Waals surface area contributed by atoms with Crippen LogP contribution in [0.25, 0.3) is 0 Å². The number of pyridine rings is 1. The number of carboxylic acids is 1. The monoisotopic (exact) mass is 281 g/mol. The summed E-state index contributed by atoms with van der Waals surface area (Å²) < 4.78 is 0. The predicted octanol–water partition coefficient (Wildman–Crippen LogP) is 1.90. The van der Waals surface area contributed by atoms with Gasteiger partial charge in [0.05, 0.1) is 17.2 Å². The number of rotatable bonds is 6. The predicted molar refractivity (Wildman–Crippen MR) is 73.5 cm³/mol. The van der Waals surface area contributed by atoms with Gasteiger partial charge < -0.3 is 5.11 Å². The number of nitro groups is 1. The zero-order valence-corrected chi connectivity index (χ0v) is 12.1. The Bertz CT molecular complexity index is 529. The molecular weight excluding hydrogens is 262 g/mol. The Labute approximate surface area is 117 Å². The lowest BCUT2D eigenvalue weighted by atomic mass is 10.1. The van der Waals surface area contributed by atoms with Gasteiger partial charge in [-0.25, -0.2) is 0 Å². The molecule has 0 saturated carbocycles. The highest BCUT2D eigenvalue weighted by Gasteiger charge is 2.21. The zero-order chi connectivity index (χ0) is 15.4. The van der Waals surface area contributed by atoms with E-state index in [1.54, 1.807) is 18.7 Å². The standard InChI is InChI=1S/C13H19N3O4/c1-8(2)15(7-12(17)18)6-11-10(4)13(16(19)20)9(3)5-14-11/h5,8H,6-7H2,1-4H3,(H,17,18). The van der Waals surface area contributed by atoms with Crippen LogP contribution in [0.5, 0.6) is 0 Å². The molecule has 0 saturated heterocycles. The molecule has 0 aliphatic rings. The number of carbonyl (C=O) groups is 1. The molecule has 0 unspecified atom stereocenters. The van der Waals surface area contributed by atoms with Crippen LogP contribution in [0.1, 0.15) is 30.7 Å². The van der Waals surface area contributed by atoms with Gasteiger partial charge in [0.25, 0.3) is 5.69 Å². The largest absolute Gasteiger partial charge is 0.480 e. The zero-order valence-electron chi connectivity index (χ0n) is 12.1. The second-order valence-corrected chi connectivity index (χ2v) is 5.01. The summed E-state index contributed by atoms with van der Waals surface area (Å²) in [6.45, 7) is 7.19. The van der Waals surface area contributed by atoms with Gasteiger partial charge in [-0.3, -0.25) is 24.8 Å². The molecule has 0 amide bonds. The van der Waals surface area contributed by atoms with E-state index in [0.717, 1.165) is 0 Å². The van der Waals surface area contributed by atoms with E-state index in [2.05, 4.69) is 4.98 Å². The van der Waals surface area contributed by atoms with E-state index in [4.69, 9.17) is 5.11 Å². The van der Waals surface area contributed by atoms with Gasteiger partial charge in [-0.05, 0) is 27.7 Å². The summed E-state index contributed by atoms with van der Waals surface area (Å²) >= 11 is 0. The number of aromatic nitrogens is 1. The molecule has 1 heterocycles. The summed E-state index contributed by atoms with van der Waals surface area (Å²) in [5.41, 5.74) is 1.59. The molecule has 110 valence electrons. The Morgan fingerprint density at radius 2 is 2.10 bits per heavy atom. The molecule has 0 atom stereocenters. The molecule has 1 aromatic rings. The van der Waals surface area contributed by atoms with Gasteiger partial charge in [0.1, 0.15) is 0 Å². The second kappa shape index (κ2) is 6.42. The molecule has 0 radical (unpaired) electrons. The van der Waals surface area contributed by atoms with E-state index in [-0.39, 0.29) is 24.8 Å². The Morgan fingerprint density at radius 1 is 1.50 bits per heavy atom. The lowest BCUT2D eigenvalue weighted by molar-refractivity contribution is -0.386. The van der Waals surface area contributed by atoms with E-state index in [0.29, 0.717) is 16.8 Å². The van der Waals surface area contributed by atoms with E-state index >= 15 is 0 Å². The first kappa shape index (κ1) is 16.0. The maximum Gasteiger partial charge on any atom is 0.317 e. The van der Waals surface area contributed by atoms with Gasteiger partial charge in [-0.15, -0.1) is 0 Å². The van der Waals surface area contributed by atoms with Gasteiger partial charge in [0, 0.05) is 29.9 Å². The van der Waals surface area contributed by atoms with Crippen molar-refractivity contribution >= 4 is 11.7 Å². The van der Waals surface area contributed by atoms with E-state index in [1.165, 1.54) is 6.20 Å².